The maximum absolute atomic E-state index is 14.5. The van der Waals surface area contributed by atoms with Crippen LogP contribution in [0, 0.1) is 24.4 Å². The maximum atomic E-state index is 14.5. The Labute approximate surface area is 264 Å². The molecule has 0 unspecified atom stereocenters. The molecule has 2 aromatic carbocycles. The number of aliphatic hydroxyl groups is 3. The molecule has 0 radical (unpaired) electrons. The molecule has 0 saturated carbocycles. The highest BCUT2D eigenvalue weighted by Crippen LogP contribution is 2.36. The minimum atomic E-state index is -1.65. The van der Waals surface area contributed by atoms with Gasteiger partial charge in [-0.2, -0.15) is 0 Å². The van der Waals surface area contributed by atoms with Gasteiger partial charge in [-0.1, -0.05) is 21.1 Å². The number of methoxy groups -OCH3 is 1. The predicted molar refractivity (Wildman–Crippen MR) is 155 cm³/mol. The van der Waals surface area contributed by atoms with Gasteiger partial charge in [-0.25, -0.2) is 17.9 Å². The van der Waals surface area contributed by atoms with Crippen LogP contribution in [0.1, 0.15) is 18.5 Å². The number of halogens is 4. The number of hydrogen-bond donors (Lipinski definition) is 3. The van der Waals surface area contributed by atoms with Crippen molar-refractivity contribution in [2.24, 2.45) is 0 Å². The van der Waals surface area contributed by atoms with Crippen molar-refractivity contribution in [3.63, 3.8) is 0 Å². The molecule has 3 aromatic rings. The number of likely N-dealkylation sites (tertiary alicyclic amines) is 1. The van der Waals surface area contributed by atoms with Gasteiger partial charge in [-0.05, 0) is 42.8 Å². The van der Waals surface area contributed by atoms with Crippen LogP contribution in [0.25, 0.3) is 11.3 Å². The van der Waals surface area contributed by atoms with Crippen molar-refractivity contribution in [2.45, 2.75) is 56.5 Å². The molecule has 0 bridgehead atoms. The fourth-order valence-corrected chi connectivity index (χ4v) is 6.47. The molecule has 1 aromatic heterocycles. The predicted octanol–water partition coefficient (Wildman–Crippen LogP) is 1.73. The summed E-state index contributed by atoms with van der Waals surface area (Å²) >= 11 is 3.44. The first-order valence-corrected chi connectivity index (χ1v) is 14.7. The zero-order valence-electron chi connectivity index (χ0n) is 24.3. The van der Waals surface area contributed by atoms with Crippen LogP contribution in [0.5, 0.6) is 0 Å². The minimum absolute atomic E-state index is 0.0110. The number of rotatable bonds is 7. The van der Waals surface area contributed by atoms with Crippen LogP contribution >= 0.6 is 15.9 Å². The van der Waals surface area contributed by atoms with Gasteiger partial charge in [-0.15, -0.1) is 5.10 Å². The zero-order valence-corrected chi connectivity index (χ0v) is 25.9. The summed E-state index contributed by atoms with van der Waals surface area (Å²) in [5.74, 6) is -5.52. The van der Waals surface area contributed by atoms with E-state index >= 15 is 0 Å². The quantitative estimate of drug-likeness (QED) is 0.314. The summed E-state index contributed by atoms with van der Waals surface area (Å²) in [6.45, 7) is 2.46. The van der Waals surface area contributed by atoms with Gasteiger partial charge in [0.25, 0.3) is 5.91 Å². The molecule has 12 nitrogen and oxygen atoms in total. The summed E-state index contributed by atoms with van der Waals surface area (Å²) in [6.07, 6.45) is -5.49. The third-order valence-corrected chi connectivity index (χ3v) is 8.51. The lowest BCUT2D eigenvalue weighted by atomic mass is 9.91. The van der Waals surface area contributed by atoms with Gasteiger partial charge in [0, 0.05) is 42.8 Å². The van der Waals surface area contributed by atoms with Crippen molar-refractivity contribution >= 4 is 33.4 Å². The number of hydrogen-bond acceptors (Lipinski definition) is 9. The Bertz CT molecular complexity index is 1550. The fraction of sp³-hybridized carbons (Fsp3) is 0.448. The van der Waals surface area contributed by atoms with Gasteiger partial charge in [0.15, 0.2) is 23.6 Å². The number of aromatic nitrogens is 3. The highest BCUT2D eigenvalue weighted by Gasteiger charge is 2.52. The van der Waals surface area contributed by atoms with Gasteiger partial charge in [-0.3, -0.25) is 9.59 Å². The lowest BCUT2D eigenvalue weighted by Crippen LogP contribution is -2.63. The first-order chi connectivity index (χ1) is 21.3. The van der Waals surface area contributed by atoms with Crippen LogP contribution in [0.15, 0.2) is 41.0 Å². The van der Waals surface area contributed by atoms with Crippen LogP contribution in [0.2, 0.25) is 0 Å². The second-order valence-electron chi connectivity index (χ2n) is 11.1. The smallest absolute Gasteiger partial charge is 0.259 e. The van der Waals surface area contributed by atoms with E-state index in [9.17, 15) is 38.1 Å². The Morgan fingerprint density at radius 1 is 1.13 bits per heavy atom. The number of aliphatic hydroxyl groups excluding tert-OH is 3. The molecule has 0 aliphatic carbocycles. The topological polar surface area (TPSA) is 150 Å². The number of benzene rings is 2. The van der Waals surface area contributed by atoms with E-state index < -0.39 is 72.6 Å². The highest BCUT2D eigenvalue weighted by atomic mass is 79.9. The number of β-amino-alcohol motifs (C(OH)–C–C–N with tert-alkyl or cyclic N) is 1. The molecule has 45 heavy (non-hydrogen) atoms. The average molecular weight is 698 g/mol. The molecular formula is C29H31BrF3N5O7. The van der Waals surface area contributed by atoms with Crippen molar-refractivity contribution in [1.82, 2.24) is 19.9 Å². The van der Waals surface area contributed by atoms with Crippen LogP contribution in [-0.4, -0.2) is 110 Å². The average Bonchev–Trinajstić information content (AvgIpc) is 3.62. The van der Waals surface area contributed by atoms with Crippen LogP contribution in [-0.2, 0) is 19.1 Å². The lowest BCUT2D eigenvalue weighted by Gasteiger charge is -2.45. The maximum Gasteiger partial charge on any atom is 0.259 e. The SMILES string of the molecule is CO[C@@H]1[C@@H](n2cc(-c3cc(F)c(F)c(F)c3)nn2)[C@@H](O)[C@@H](CO)O[C@H]1C(=O)N(c1cc(C)cc(Br)c1)[C@H]1CN(C(C)=O)C[C@@H]1O. The summed E-state index contributed by atoms with van der Waals surface area (Å²) < 4.78 is 54.8. The Kier molecular flexibility index (Phi) is 9.62. The number of nitrogens with zero attached hydrogens (tertiary/aromatic N) is 5. The van der Waals surface area contributed by atoms with Crippen LogP contribution in [0.4, 0.5) is 18.9 Å². The third-order valence-electron chi connectivity index (χ3n) is 8.06. The van der Waals surface area contributed by atoms with Crippen molar-refractivity contribution in [2.75, 3.05) is 31.7 Å². The van der Waals surface area contributed by atoms with Crippen LogP contribution in [0.3, 0.4) is 0 Å². The van der Waals surface area contributed by atoms with Crippen molar-refractivity contribution in [1.29, 1.82) is 0 Å². The standard InChI is InChI=1S/C29H31BrF3N5O7/c1-13-4-16(30)8-17(5-13)38(21-10-36(14(2)40)11-22(21)41)29(43)28-27(44-3)25(26(42)23(12-39)45-28)37-9-20(34-35-37)15-6-18(31)24(33)19(32)7-15/h4-9,21-23,25-28,39,41-42H,10-12H2,1-3H3/t21-,22-,23+,25-,26-,27+,28+/m0/s1. The lowest BCUT2D eigenvalue weighted by molar-refractivity contribution is -0.211. The summed E-state index contributed by atoms with van der Waals surface area (Å²) in [5, 5.41) is 40.3. The van der Waals surface area contributed by atoms with E-state index in [-0.39, 0.29) is 30.3 Å². The Morgan fingerprint density at radius 2 is 1.82 bits per heavy atom. The van der Waals surface area contributed by atoms with E-state index in [4.69, 9.17) is 9.47 Å². The summed E-state index contributed by atoms with van der Waals surface area (Å²) in [7, 11) is 1.27. The molecular weight excluding hydrogens is 667 g/mol. The van der Waals surface area contributed by atoms with Gasteiger partial charge in [0.2, 0.25) is 5.91 Å². The van der Waals surface area contributed by atoms with E-state index in [2.05, 4.69) is 26.2 Å². The molecule has 2 amide bonds. The van der Waals surface area contributed by atoms with E-state index in [0.29, 0.717) is 10.2 Å². The molecule has 2 fully saturated rings. The van der Waals surface area contributed by atoms with Crippen LogP contribution < -0.4 is 4.90 Å². The van der Waals surface area contributed by atoms with E-state index in [1.54, 1.807) is 12.1 Å². The molecule has 2 aliphatic heterocycles. The molecule has 7 atom stereocenters. The number of ether oxygens (including phenoxy) is 2. The number of amides is 2. The molecule has 0 spiro atoms. The van der Waals surface area contributed by atoms with E-state index in [1.165, 1.54) is 30.0 Å². The largest absolute Gasteiger partial charge is 0.394 e. The van der Waals surface area contributed by atoms with Gasteiger partial charge >= 0.3 is 0 Å². The molecule has 16 heteroatoms. The summed E-state index contributed by atoms with van der Waals surface area (Å²) in [6, 6.07) is 4.56. The van der Waals surface area contributed by atoms with Crippen molar-refractivity contribution < 1.29 is 47.6 Å². The number of anilines is 1. The van der Waals surface area contributed by atoms with E-state index in [0.717, 1.165) is 22.4 Å². The minimum Gasteiger partial charge on any atom is -0.394 e. The molecule has 2 saturated heterocycles. The van der Waals surface area contributed by atoms with Crippen molar-refractivity contribution in [3.8, 4) is 11.3 Å². The second kappa shape index (κ2) is 13.1. The Balaban J connectivity index is 1.56. The first-order valence-electron chi connectivity index (χ1n) is 13.9. The number of aryl methyl sites for hydroxylation is 1. The summed E-state index contributed by atoms with van der Waals surface area (Å²) in [5.41, 5.74) is 0.952. The summed E-state index contributed by atoms with van der Waals surface area (Å²) in [4.78, 5) is 29.5. The fourth-order valence-electron chi connectivity index (χ4n) is 5.87. The normalized spacial score (nSPS) is 26.7. The molecule has 5 rings (SSSR count). The molecule has 242 valence electrons. The molecule has 3 heterocycles. The Hall–Kier alpha value is -3.41. The van der Waals surface area contributed by atoms with Gasteiger partial charge < -0.3 is 34.6 Å². The zero-order chi connectivity index (χ0) is 32.7. The Morgan fingerprint density at radius 3 is 2.40 bits per heavy atom. The monoisotopic (exact) mass is 697 g/mol. The first kappa shape index (κ1) is 33.0. The number of carbonyl (C=O) groups is 2. The van der Waals surface area contributed by atoms with Crippen molar-refractivity contribution in [3.05, 3.63) is 64.0 Å². The highest BCUT2D eigenvalue weighted by molar-refractivity contribution is 9.10. The van der Waals surface area contributed by atoms with E-state index in [1.807, 2.05) is 13.0 Å². The second-order valence-corrected chi connectivity index (χ2v) is 12.0. The number of carbonyl (C=O) groups excluding carboxylic acids is 2. The molecule has 3 N–H and O–H groups in total. The van der Waals surface area contributed by atoms with Gasteiger partial charge in [0.1, 0.15) is 30.0 Å². The third kappa shape index (κ3) is 6.35. The van der Waals surface area contributed by atoms with Gasteiger partial charge in [0.05, 0.1) is 24.9 Å². The molecule has 2 aliphatic rings.